The maximum absolute atomic E-state index is 13.7. The Morgan fingerprint density at radius 1 is 1.41 bits per heavy atom. The molecule has 0 aromatic heterocycles. The van der Waals surface area contributed by atoms with Crippen molar-refractivity contribution in [2.24, 2.45) is 0 Å². The number of nitrogens with one attached hydrogen (secondary N) is 1. The van der Waals surface area contributed by atoms with Crippen LogP contribution < -0.4 is 10.1 Å². The summed E-state index contributed by atoms with van der Waals surface area (Å²) in [7, 11) is 0. The summed E-state index contributed by atoms with van der Waals surface area (Å²) in [5, 5.41) is 2.54. The van der Waals surface area contributed by atoms with Crippen LogP contribution in [0.25, 0.3) is 0 Å². The maximum atomic E-state index is 13.7. The predicted octanol–water partition coefficient (Wildman–Crippen LogP) is 3.65. The molecule has 1 N–H and O–H groups in total. The lowest BCUT2D eigenvalue weighted by Crippen LogP contribution is -2.38. The van der Waals surface area contributed by atoms with Crippen molar-refractivity contribution in [3.63, 3.8) is 0 Å². The number of fused-ring (bicyclic) bond motifs is 1. The highest BCUT2D eigenvalue weighted by Gasteiger charge is 2.38. The van der Waals surface area contributed by atoms with Gasteiger partial charge in [0.15, 0.2) is 11.6 Å². The van der Waals surface area contributed by atoms with Crippen molar-refractivity contribution in [1.29, 1.82) is 0 Å². The number of benzene rings is 1. The Kier molecular flexibility index (Phi) is 2.72. The van der Waals surface area contributed by atoms with Crippen molar-refractivity contribution in [3.8, 4) is 5.75 Å². The van der Waals surface area contributed by atoms with Crippen LogP contribution in [0.2, 0.25) is 0 Å². The first-order valence-corrected chi connectivity index (χ1v) is 5.45. The van der Waals surface area contributed by atoms with Gasteiger partial charge in [0.1, 0.15) is 6.54 Å². The molecule has 0 radical (unpaired) electrons. The maximum Gasteiger partial charge on any atom is 0.415 e. The van der Waals surface area contributed by atoms with Gasteiger partial charge in [-0.3, -0.25) is 0 Å². The molecule has 1 aromatic carbocycles. The summed E-state index contributed by atoms with van der Waals surface area (Å²) in [4.78, 5) is 0. The van der Waals surface area contributed by atoms with Crippen LogP contribution in [0.1, 0.15) is 30.9 Å². The Morgan fingerprint density at radius 2 is 2.06 bits per heavy atom. The molecule has 5 heteroatoms. The van der Waals surface area contributed by atoms with Crippen LogP contribution in [0, 0.1) is 12.7 Å². The van der Waals surface area contributed by atoms with E-state index in [1.807, 2.05) is 13.8 Å². The van der Waals surface area contributed by atoms with E-state index in [9.17, 15) is 13.2 Å². The molecule has 1 aliphatic heterocycles. The van der Waals surface area contributed by atoms with E-state index >= 15 is 0 Å². The summed E-state index contributed by atoms with van der Waals surface area (Å²) in [6.07, 6.45) is -3.36. The van der Waals surface area contributed by atoms with Gasteiger partial charge in [-0.15, -0.1) is 0 Å². The van der Waals surface area contributed by atoms with Crippen molar-refractivity contribution in [1.82, 2.24) is 0 Å². The van der Waals surface area contributed by atoms with Gasteiger partial charge in [0, 0.05) is 0 Å². The lowest BCUT2D eigenvalue weighted by Gasteiger charge is -2.29. The molecule has 0 amide bonds. The molecule has 2 nitrogen and oxygen atoms in total. The van der Waals surface area contributed by atoms with E-state index < -0.39 is 18.5 Å². The normalized spacial score (nSPS) is 17.4. The van der Waals surface area contributed by atoms with Gasteiger partial charge in [-0.1, -0.05) is 13.8 Å². The fourth-order valence-corrected chi connectivity index (χ4v) is 2.03. The average Bonchev–Trinajstić information content (AvgIpc) is 2.21. The zero-order valence-corrected chi connectivity index (χ0v) is 9.90. The number of rotatable bonds is 1. The number of ether oxygens (including phenoxy) is 1. The lowest BCUT2D eigenvalue weighted by molar-refractivity contribution is -0.168. The fourth-order valence-electron chi connectivity index (χ4n) is 2.03. The van der Waals surface area contributed by atoms with Gasteiger partial charge in [-0.2, -0.15) is 8.78 Å². The highest BCUT2D eigenvalue weighted by molar-refractivity contribution is 5.66. The molecular weight excluding hydrogens is 231 g/mol. The molecule has 1 aromatic rings. The predicted molar refractivity (Wildman–Crippen MR) is 59.3 cm³/mol. The van der Waals surface area contributed by atoms with Crippen LogP contribution in [-0.4, -0.2) is 12.7 Å². The molecule has 2 rings (SSSR count). The highest BCUT2D eigenvalue weighted by Crippen LogP contribution is 2.41. The van der Waals surface area contributed by atoms with Gasteiger partial charge in [0.2, 0.25) is 0 Å². The third kappa shape index (κ3) is 2.06. The van der Waals surface area contributed by atoms with E-state index in [0.29, 0.717) is 5.69 Å². The molecule has 0 saturated heterocycles. The number of anilines is 1. The van der Waals surface area contributed by atoms with E-state index in [1.165, 1.54) is 6.07 Å². The number of hydrogen-bond acceptors (Lipinski definition) is 2. The van der Waals surface area contributed by atoms with Gasteiger partial charge in [0.25, 0.3) is 0 Å². The van der Waals surface area contributed by atoms with Crippen molar-refractivity contribution in [3.05, 3.63) is 23.0 Å². The number of alkyl halides is 2. The van der Waals surface area contributed by atoms with Crippen LogP contribution >= 0.6 is 0 Å². The molecule has 17 heavy (non-hydrogen) atoms. The van der Waals surface area contributed by atoms with E-state index in [4.69, 9.17) is 0 Å². The Morgan fingerprint density at radius 3 is 2.65 bits per heavy atom. The fraction of sp³-hybridized carbons (Fsp3) is 0.500. The number of hydrogen-bond donors (Lipinski definition) is 1. The minimum absolute atomic E-state index is 0.124. The second-order valence-corrected chi connectivity index (χ2v) is 4.52. The molecule has 0 saturated carbocycles. The number of halogens is 3. The van der Waals surface area contributed by atoms with Crippen LogP contribution in [0.3, 0.4) is 0 Å². The van der Waals surface area contributed by atoms with E-state index in [-0.39, 0.29) is 11.7 Å². The van der Waals surface area contributed by atoms with Crippen LogP contribution in [0.5, 0.6) is 5.75 Å². The second kappa shape index (κ2) is 3.82. The second-order valence-electron chi connectivity index (χ2n) is 4.52. The highest BCUT2D eigenvalue weighted by atomic mass is 19.3. The molecule has 0 aliphatic carbocycles. The van der Waals surface area contributed by atoms with Gasteiger partial charge in [-0.25, -0.2) is 4.39 Å². The molecule has 1 heterocycles. The Balaban J connectivity index is 2.56. The summed E-state index contributed by atoms with van der Waals surface area (Å²) in [5.41, 5.74) is 1.88. The summed E-state index contributed by atoms with van der Waals surface area (Å²) in [6.45, 7) is 4.98. The van der Waals surface area contributed by atoms with Gasteiger partial charge in [-0.05, 0) is 30.0 Å². The molecule has 0 fully saturated rings. The topological polar surface area (TPSA) is 21.3 Å². The monoisotopic (exact) mass is 245 g/mol. The zero-order valence-electron chi connectivity index (χ0n) is 9.90. The van der Waals surface area contributed by atoms with Crippen LogP contribution in [0.4, 0.5) is 18.9 Å². The van der Waals surface area contributed by atoms with Gasteiger partial charge < -0.3 is 10.1 Å². The third-order valence-corrected chi connectivity index (χ3v) is 2.88. The molecule has 0 spiro atoms. The van der Waals surface area contributed by atoms with Crippen LogP contribution in [-0.2, 0) is 0 Å². The van der Waals surface area contributed by atoms with Gasteiger partial charge in [0.05, 0.1) is 5.69 Å². The summed E-state index contributed by atoms with van der Waals surface area (Å²) in [5.74, 6) is -1.01. The van der Waals surface area contributed by atoms with E-state index in [2.05, 4.69) is 10.1 Å². The lowest BCUT2D eigenvalue weighted by atomic mass is 9.95. The summed E-state index contributed by atoms with van der Waals surface area (Å²) < 4.78 is 44.1. The standard InChI is InChI=1S/C12H14F3NO/c1-6(2)8-4-9(13)11-10(7(8)3)16-5-12(14,15)17-11/h4,6,16H,5H2,1-3H3. The molecule has 0 atom stereocenters. The third-order valence-electron chi connectivity index (χ3n) is 2.88. The summed E-state index contributed by atoms with van der Waals surface area (Å²) >= 11 is 0. The molecular formula is C12H14F3NO. The quantitative estimate of drug-likeness (QED) is 0.815. The van der Waals surface area contributed by atoms with E-state index in [0.717, 1.165) is 11.1 Å². The van der Waals surface area contributed by atoms with Crippen LogP contribution in [0.15, 0.2) is 6.07 Å². The van der Waals surface area contributed by atoms with Gasteiger partial charge >= 0.3 is 6.11 Å². The van der Waals surface area contributed by atoms with Crippen molar-refractivity contribution >= 4 is 5.69 Å². The zero-order chi connectivity index (χ0) is 12.8. The minimum Gasteiger partial charge on any atom is -0.426 e. The van der Waals surface area contributed by atoms with Crippen molar-refractivity contribution in [2.45, 2.75) is 32.8 Å². The first kappa shape index (κ1) is 12.1. The van der Waals surface area contributed by atoms with Crippen molar-refractivity contribution < 1.29 is 17.9 Å². The Labute approximate surface area is 97.8 Å². The minimum atomic E-state index is -3.36. The molecule has 0 bridgehead atoms. The SMILES string of the molecule is Cc1c(C(C)C)cc(F)c2c1NCC(F)(F)O2. The summed E-state index contributed by atoms with van der Waals surface area (Å²) in [6, 6.07) is 1.27. The Hall–Kier alpha value is -1.39. The Bertz CT molecular complexity index is 458. The van der Waals surface area contributed by atoms with E-state index in [1.54, 1.807) is 6.92 Å². The van der Waals surface area contributed by atoms with Crippen molar-refractivity contribution in [2.75, 3.05) is 11.9 Å². The smallest absolute Gasteiger partial charge is 0.415 e. The largest absolute Gasteiger partial charge is 0.426 e. The molecule has 94 valence electrons. The average molecular weight is 245 g/mol. The molecule has 1 aliphatic rings. The molecule has 0 unspecified atom stereocenters. The first-order valence-electron chi connectivity index (χ1n) is 5.45. The first-order chi connectivity index (χ1) is 7.82.